The summed E-state index contributed by atoms with van der Waals surface area (Å²) < 4.78 is 5.53. The number of rotatable bonds is 6. The molecule has 0 atom stereocenters. The number of hydrogen-bond donors (Lipinski definition) is 0. The molecule has 0 bridgehead atoms. The monoisotopic (exact) mass is 515 g/mol. The number of morpholine rings is 1. The van der Waals surface area contributed by atoms with Crippen LogP contribution in [0.1, 0.15) is 34.7 Å². The quantitative estimate of drug-likeness (QED) is 0.420. The average Bonchev–Trinajstić information content (AvgIpc) is 2.95. The van der Waals surface area contributed by atoms with Crippen molar-refractivity contribution in [1.29, 1.82) is 0 Å². The highest BCUT2D eigenvalue weighted by atomic mass is 35.5. The highest BCUT2D eigenvalue weighted by molar-refractivity contribution is 5.85. The van der Waals surface area contributed by atoms with Crippen LogP contribution in [0.25, 0.3) is 6.08 Å². The number of nitrogens with zero attached hydrogens (tertiary/aromatic N) is 3. The van der Waals surface area contributed by atoms with E-state index in [1.807, 2.05) is 0 Å². The average molecular weight is 516 g/mol. The van der Waals surface area contributed by atoms with Crippen molar-refractivity contribution in [3.8, 4) is 0 Å². The summed E-state index contributed by atoms with van der Waals surface area (Å²) in [5.41, 5.74) is 8.63. The fraction of sp³-hybridized carbons (Fsp3) is 0.375. The molecule has 0 saturated carbocycles. The van der Waals surface area contributed by atoms with Gasteiger partial charge in [0.2, 0.25) is 0 Å². The molecule has 2 saturated heterocycles. The second kappa shape index (κ2) is 12.3. The third kappa shape index (κ3) is 6.10. The number of fused-ring (bicyclic) bond motifs is 1. The normalized spacial score (nSPS) is 18.7. The van der Waals surface area contributed by atoms with E-state index >= 15 is 0 Å². The lowest BCUT2D eigenvalue weighted by molar-refractivity contribution is 0.115. The van der Waals surface area contributed by atoms with E-state index in [1.165, 1.54) is 34.4 Å². The van der Waals surface area contributed by atoms with Crippen LogP contribution >= 0.6 is 12.4 Å². The van der Waals surface area contributed by atoms with E-state index in [-0.39, 0.29) is 12.4 Å². The van der Waals surface area contributed by atoms with Gasteiger partial charge in [-0.25, -0.2) is 0 Å². The fourth-order valence-electron chi connectivity index (χ4n) is 6.03. The third-order valence-electron chi connectivity index (χ3n) is 8.01. The Kier molecular flexibility index (Phi) is 8.62. The van der Waals surface area contributed by atoms with E-state index in [9.17, 15) is 0 Å². The minimum absolute atomic E-state index is 0. The second-order valence-electron chi connectivity index (χ2n) is 10.3. The minimum Gasteiger partial charge on any atom is -0.378 e. The maximum absolute atomic E-state index is 5.53. The Morgan fingerprint density at radius 1 is 0.703 bits per heavy atom. The number of piperazine rings is 1. The van der Waals surface area contributed by atoms with Crippen molar-refractivity contribution in [2.45, 2.75) is 18.9 Å². The summed E-state index contributed by atoms with van der Waals surface area (Å²) in [4.78, 5) is 7.78. The topological polar surface area (TPSA) is 19.0 Å². The van der Waals surface area contributed by atoms with Gasteiger partial charge in [0, 0.05) is 51.5 Å². The smallest absolute Gasteiger partial charge is 0.0642 e. The first-order chi connectivity index (χ1) is 17.8. The van der Waals surface area contributed by atoms with Crippen molar-refractivity contribution in [3.05, 3.63) is 107 Å². The molecule has 0 amide bonds. The molecule has 0 radical (unpaired) electrons. The Morgan fingerprint density at radius 3 is 2.00 bits per heavy atom. The standard InChI is InChI=1S/C32H37N3O.ClH/c1-3-7-27(8-4-1)32(28-9-5-2-6-10-28)35-17-15-33(16-18-35)25-26-11-12-30-24-31(14-13-29(30)23-26)34-19-21-36-22-20-34;/h1-10,13-14,23-24,32H,11-12,15-22,25H2;1H. The lowest BCUT2D eigenvalue weighted by atomic mass is 9.91. The molecule has 37 heavy (non-hydrogen) atoms. The third-order valence-corrected chi connectivity index (χ3v) is 8.01. The van der Waals surface area contributed by atoms with Crippen molar-refractivity contribution >= 4 is 24.2 Å². The van der Waals surface area contributed by atoms with Crippen molar-refractivity contribution in [3.63, 3.8) is 0 Å². The van der Waals surface area contributed by atoms with Crippen molar-refractivity contribution in [1.82, 2.24) is 9.80 Å². The summed E-state index contributed by atoms with van der Waals surface area (Å²) in [6.07, 6.45) is 4.80. The van der Waals surface area contributed by atoms with E-state index in [1.54, 1.807) is 5.57 Å². The molecule has 194 valence electrons. The molecular weight excluding hydrogens is 478 g/mol. The molecule has 0 N–H and O–H groups in total. The van der Waals surface area contributed by atoms with Crippen LogP contribution in [-0.4, -0.2) is 68.8 Å². The highest BCUT2D eigenvalue weighted by Crippen LogP contribution is 2.31. The molecule has 2 fully saturated rings. The van der Waals surface area contributed by atoms with Crippen LogP contribution in [-0.2, 0) is 11.2 Å². The van der Waals surface area contributed by atoms with Crippen LogP contribution < -0.4 is 4.90 Å². The van der Waals surface area contributed by atoms with E-state index in [0.29, 0.717) is 6.04 Å². The van der Waals surface area contributed by atoms with Gasteiger partial charge in [-0.2, -0.15) is 0 Å². The first-order valence-electron chi connectivity index (χ1n) is 13.5. The summed E-state index contributed by atoms with van der Waals surface area (Å²) in [5, 5.41) is 0. The molecule has 1 aliphatic carbocycles. The SMILES string of the molecule is C1=C(CN2CCN(C(c3ccccc3)c3ccccc3)CC2)CCc2cc(N3CCOCC3)ccc21.Cl. The predicted octanol–water partition coefficient (Wildman–Crippen LogP) is 5.68. The molecule has 5 heteroatoms. The zero-order valence-corrected chi connectivity index (χ0v) is 22.4. The van der Waals surface area contributed by atoms with Gasteiger partial charge in [-0.05, 0) is 47.2 Å². The second-order valence-corrected chi connectivity index (χ2v) is 10.3. The van der Waals surface area contributed by atoms with Crippen LogP contribution in [0.15, 0.2) is 84.4 Å². The lowest BCUT2D eigenvalue weighted by Crippen LogP contribution is -2.48. The zero-order chi connectivity index (χ0) is 24.2. The summed E-state index contributed by atoms with van der Waals surface area (Å²) in [7, 11) is 0. The van der Waals surface area contributed by atoms with E-state index in [0.717, 1.165) is 65.4 Å². The number of halogens is 1. The first kappa shape index (κ1) is 26.0. The number of aryl methyl sites for hydroxylation is 1. The molecule has 3 aliphatic rings. The van der Waals surface area contributed by atoms with Gasteiger partial charge in [-0.1, -0.05) is 78.4 Å². The number of anilines is 1. The van der Waals surface area contributed by atoms with E-state index in [2.05, 4.69) is 99.6 Å². The maximum Gasteiger partial charge on any atom is 0.0642 e. The molecule has 0 unspecified atom stereocenters. The Morgan fingerprint density at radius 2 is 1.35 bits per heavy atom. The van der Waals surface area contributed by atoms with E-state index in [4.69, 9.17) is 4.74 Å². The summed E-state index contributed by atoms with van der Waals surface area (Å²) in [5.74, 6) is 0. The fourth-order valence-corrected chi connectivity index (χ4v) is 6.03. The predicted molar refractivity (Wildman–Crippen MR) is 156 cm³/mol. The molecule has 4 nitrogen and oxygen atoms in total. The highest BCUT2D eigenvalue weighted by Gasteiger charge is 2.27. The summed E-state index contributed by atoms with van der Waals surface area (Å²) >= 11 is 0. The van der Waals surface area contributed by atoms with Gasteiger partial charge in [0.1, 0.15) is 0 Å². The molecule has 0 spiro atoms. The van der Waals surface area contributed by atoms with Gasteiger partial charge in [0.25, 0.3) is 0 Å². The van der Waals surface area contributed by atoms with Gasteiger partial charge in [0.05, 0.1) is 19.3 Å². The largest absolute Gasteiger partial charge is 0.378 e. The van der Waals surface area contributed by atoms with Crippen LogP contribution in [0.4, 0.5) is 5.69 Å². The van der Waals surface area contributed by atoms with Crippen LogP contribution in [0.3, 0.4) is 0 Å². The first-order valence-corrected chi connectivity index (χ1v) is 13.5. The number of hydrogen-bond acceptors (Lipinski definition) is 4. The number of ether oxygens (including phenoxy) is 1. The van der Waals surface area contributed by atoms with Gasteiger partial charge >= 0.3 is 0 Å². The van der Waals surface area contributed by atoms with Crippen LogP contribution in [0.2, 0.25) is 0 Å². The Hall–Kier alpha value is -2.63. The lowest BCUT2D eigenvalue weighted by Gasteiger charge is -2.40. The Balaban J connectivity index is 0.00000280. The molecule has 3 aromatic rings. The van der Waals surface area contributed by atoms with Crippen LogP contribution in [0, 0.1) is 0 Å². The molecule has 2 heterocycles. The molecular formula is C32H38ClN3O. The summed E-state index contributed by atoms with van der Waals surface area (Å²) in [6, 6.07) is 29.4. The van der Waals surface area contributed by atoms with Crippen molar-refractivity contribution in [2.75, 3.05) is 63.9 Å². The van der Waals surface area contributed by atoms with Crippen molar-refractivity contribution in [2.24, 2.45) is 0 Å². The molecule has 6 rings (SSSR count). The van der Waals surface area contributed by atoms with E-state index < -0.39 is 0 Å². The summed E-state index contributed by atoms with van der Waals surface area (Å²) in [6.45, 7) is 9.22. The van der Waals surface area contributed by atoms with Gasteiger partial charge in [0.15, 0.2) is 0 Å². The van der Waals surface area contributed by atoms with Gasteiger partial charge < -0.3 is 9.64 Å². The minimum atomic E-state index is 0. The number of benzene rings is 3. The Bertz CT molecular complexity index is 1130. The maximum atomic E-state index is 5.53. The molecule has 2 aliphatic heterocycles. The molecule has 3 aromatic carbocycles. The van der Waals surface area contributed by atoms with Crippen molar-refractivity contribution < 1.29 is 4.74 Å². The Labute approximate surface area is 227 Å². The zero-order valence-electron chi connectivity index (χ0n) is 21.6. The van der Waals surface area contributed by atoms with Gasteiger partial charge in [-0.15, -0.1) is 12.4 Å². The molecule has 0 aromatic heterocycles. The van der Waals surface area contributed by atoms with Gasteiger partial charge in [-0.3, -0.25) is 9.80 Å². The van der Waals surface area contributed by atoms with Crippen LogP contribution in [0.5, 0.6) is 0 Å².